The molecule has 0 amide bonds. The van der Waals surface area contributed by atoms with Crippen molar-refractivity contribution < 1.29 is 14.3 Å². The van der Waals surface area contributed by atoms with Crippen molar-refractivity contribution in [2.45, 2.75) is 0 Å². The molecule has 0 fully saturated rings. The summed E-state index contributed by atoms with van der Waals surface area (Å²) in [7, 11) is 1.62. The summed E-state index contributed by atoms with van der Waals surface area (Å²) in [6.07, 6.45) is 0.320. The van der Waals surface area contributed by atoms with E-state index in [2.05, 4.69) is 0 Å². The van der Waals surface area contributed by atoms with E-state index in [1.807, 2.05) is 36.4 Å². The van der Waals surface area contributed by atoms with Crippen LogP contribution < -0.4 is 4.74 Å². The summed E-state index contributed by atoms with van der Waals surface area (Å²) in [5.41, 5.74) is 2.37. The fraction of sp³-hybridized carbons (Fsp3) is 0.0667. The van der Waals surface area contributed by atoms with Crippen LogP contribution in [0.1, 0.15) is 10.4 Å². The van der Waals surface area contributed by atoms with Crippen LogP contribution >= 0.6 is 0 Å². The maximum absolute atomic E-state index is 11.2. The number of benzene rings is 2. The zero-order chi connectivity index (χ0) is 13.0. The Balaban J connectivity index is 2.33. The lowest BCUT2D eigenvalue weighted by Crippen LogP contribution is -1.98. The van der Waals surface area contributed by atoms with Crippen molar-refractivity contribution in [2.75, 3.05) is 7.11 Å². The van der Waals surface area contributed by atoms with Crippen LogP contribution in [0.4, 0.5) is 0 Å². The SMILES string of the molecule is COc1cccc(-c2ccc(C(=O)C=O)cc2)c1. The van der Waals surface area contributed by atoms with Gasteiger partial charge in [-0.05, 0) is 23.3 Å². The second-order valence-electron chi connectivity index (χ2n) is 3.79. The molecule has 0 bridgehead atoms. The molecule has 2 rings (SSSR count). The van der Waals surface area contributed by atoms with Gasteiger partial charge in [0, 0.05) is 5.56 Å². The number of Topliss-reactive ketones (excluding diaryl/α,β-unsaturated/α-hetero) is 1. The highest BCUT2D eigenvalue weighted by molar-refractivity contribution is 6.33. The van der Waals surface area contributed by atoms with Gasteiger partial charge in [-0.2, -0.15) is 0 Å². The van der Waals surface area contributed by atoms with Crippen LogP contribution in [0.5, 0.6) is 5.75 Å². The number of ketones is 1. The predicted molar refractivity (Wildman–Crippen MR) is 68.8 cm³/mol. The van der Waals surface area contributed by atoms with Crippen molar-refractivity contribution in [1.82, 2.24) is 0 Å². The Bertz CT molecular complexity index is 571. The molecule has 0 aliphatic carbocycles. The Labute approximate surface area is 105 Å². The van der Waals surface area contributed by atoms with E-state index in [0.717, 1.165) is 16.9 Å². The van der Waals surface area contributed by atoms with Crippen molar-refractivity contribution in [3.8, 4) is 16.9 Å². The molecule has 0 N–H and O–H groups in total. The Morgan fingerprint density at radius 3 is 2.39 bits per heavy atom. The number of ether oxygens (including phenoxy) is 1. The molecule has 3 nitrogen and oxygen atoms in total. The molecule has 3 heteroatoms. The summed E-state index contributed by atoms with van der Waals surface area (Å²) < 4.78 is 5.16. The lowest BCUT2D eigenvalue weighted by molar-refractivity contribution is -0.104. The zero-order valence-corrected chi connectivity index (χ0v) is 9.92. The molecule has 0 atom stereocenters. The van der Waals surface area contributed by atoms with E-state index in [9.17, 15) is 9.59 Å². The van der Waals surface area contributed by atoms with Gasteiger partial charge in [-0.3, -0.25) is 9.59 Å². The number of carbonyl (C=O) groups is 2. The number of hydrogen-bond acceptors (Lipinski definition) is 3. The van der Waals surface area contributed by atoms with Gasteiger partial charge < -0.3 is 4.74 Å². The third kappa shape index (κ3) is 2.46. The van der Waals surface area contributed by atoms with Gasteiger partial charge in [-0.1, -0.05) is 36.4 Å². The van der Waals surface area contributed by atoms with Crippen molar-refractivity contribution in [2.24, 2.45) is 0 Å². The smallest absolute Gasteiger partial charge is 0.225 e. The van der Waals surface area contributed by atoms with Crippen molar-refractivity contribution in [3.05, 3.63) is 54.1 Å². The first-order valence-corrected chi connectivity index (χ1v) is 5.48. The van der Waals surface area contributed by atoms with Crippen LogP contribution in [0.15, 0.2) is 48.5 Å². The molecular formula is C15H12O3. The van der Waals surface area contributed by atoms with Crippen LogP contribution in [0.3, 0.4) is 0 Å². The molecule has 2 aromatic carbocycles. The topological polar surface area (TPSA) is 43.4 Å². The van der Waals surface area contributed by atoms with Gasteiger partial charge in [0.2, 0.25) is 5.78 Å². The Kier molecular flexibility index (Phi) is 3.53. The molecule has 18 heavy (non-hydrogen) atoms. The summed E-state index contributed by atoms with van der Waals surface area (Å²) in [5.74, 6) is 0.271. The molecule has 0 spiro atoms. The molecule has 0 radical (unpaired) electrons. The molecule has 0 aliphatic rings. The largest absolute Gasteiger partial charge is 0.497 e. The van der Waals surface area contributed by atoms with Gasteiger partial charge in [0.05, 0.1) is 7.11 Å². The van der Waals surface area contributed by atoms with Crippen molar-refractivity contribution in [1.29, 1.82) is 0 Å². The molecule has 0 aliphatic heterocycles. The van der Waals surface area contributed by atoms with E-state index >= 15 is 0 Å². The van der Waals surface area contributed by atoms with Crippen LogP contribution in [-0.4, -0.2) is 19.2 Å². The average Bonchev–Trinajstić information content (AvgIpc) is 2.46. The van der Waals surface area contributed by atoms with Gasteiger partial charge >= 0.3 is 0 Å². The summed E-state index contributed by atoms with van der Waals surface area (Å²) in [5, 5.41) is 0. The fourth-order valence-corrected chi connectivity index (χ4v) is 1.70. The summed E-state index contributed by atoms with van der Waals surface area (Å²) >= 11 is 0. The lowest BCUT2D eigenvalue weighted by Gasteiger charge is -2.05. The van der Waals surface area contributed by atoms with Crippen LogP contribution in [0.2, 0.25) is 0 Å². The quantitative estimate of drug-likeness (QED) is 0.469. The number of rotatable bonds is 4. The van der Waals surface area contributed by atoms with Crippen LogP contribution in [-0.2, 0) is 4.79 Å². The second kappa shape index (κ2) is 5.27. The highest BCUT2D eigenvalue weighted by Crippen LogP contribution is 2.23. The predicted octanol–water partition coefficient (Wildman–Crippen LogP) is 2.74. The van der Waals surface area contributed by atoms with Crippen LogP contribution in [0, 0.1) is 0 Å². The Morgan fingerprint density at radius 1 is 1.06 bits per heavy atom. The third-order valence-electron chi connectivity index (χ3n) is 2.68. The molecule has 0 aromatic heterocycles. The average molecular weight is 240 g/mol. The molecule has 0 saturated heterocycles. The minimum absolute atomic E-state index is 0.320. The number of methoxy groups -OCH3 is 1. The second-order valence-corrected chi connectivity index (χ2v) is 3.79. The lowest BCUT2D eigenvalue weighted by atomic mass is 10.0. The standard InChI is InChI=1S/C15H12O3/c1-18-14-4-2-3-13(9-14)11-5-7-12(8-6-11)15(17)10-16/h2-10H,1H3. The zero-order valence-electron chi connectivity index (χ0n) is 9.92. The molecule has 0 saturated carbocycles. The third-order valence-corrected chi connectivity index (χ3v) is 2.68. The number of aldehydes is 1. The molecule has 0 unspecified atom stereocenters. The number of hydrogen-bond donors (Lipinski definition) is 0. The Hall–Kier alpha value is -2.42. The maximum atomic E-state index is 11.2. The molecular weight excluding hydrogens is 228 g/mol. The maximum Gasteiger partial charge on any atom is 0.225 e. The normalized spacial score (nSPS) is 9.83. The van der Waals surface area contributed by atoms with Gasteiger partial charge in [-0.25, -0.2) is 0 Å². The first-order chi connectivity index (χ1) is 8.74. The summed E-state index contributed by atoms with van der Waals surface area (Å²) in [4.78, 5) is 21.6. The van der Waals surface area contributed by atoms with Gasteiger partial charge in [-0.15, -0.1) is 0 Å². The van der Waals surface area contributed by atoms with Crippen LogP contribution in [0.25, 0.3) is 11.1 Å². The molecule has 90 valence electrons. The number of carbonyl (C=O) groups excluding carboxylic acids is 2. The minimum Gasteiger partial charge on any atom is -0.497 e. The van der Waals surface area contributed by atoms with E-state index in [0.29, 0.717) is 11.8 Å². The van der Waals surface area contributed by atoms with E-state index < -0.39 is 5.78 Å². The van der Waals surface area contributed by atoms with Gasteiger partial charge in [0.1, 0.15) is 5.75 Å². The molecule has 0 heterocycles. The fourth-order valence-electron chi connectivity index (χ4n) is 1.70. The molecule has 2 aromatic rings. The Morgan fingerprint density at radius 2 is 1.78 bits per heavy atom. The van der Waals surface area contributed by atoms with Crippen molar-refractivity contribution >= 4 is 12.1 Å². The van der Waals surface area contributed by atoms with E-state index in [1.165, 1.54) is 0 Å². The minimum atomic E-state index is -0.507. The summed E-state index contributed by atoms with van der Waals surface area (Å²) in [6.45, 7) is 0. The highest BCUT2D eigenvalue weighted by Gasteiger charge is 2.04. The summed E-state index contributed by atoms with van der Waals surface area (Å²) in [6, 6.07) is 14.6. The van der Waals surface area contributed by atoms with E-state index in [1.54, 1.807) is 19.2 Å². The first kappa shape index (κ1) is 12.0. The van der Waals surface area contributed by atoms with Gasteiger partial charge in [0.25, 0.3) is 0 Å². The van der Waals surface area contributed by atoms with E-state index in [-0.39, 0.29) is 0 Å². The first-order valence-electron chi connectivity index (χ1n) is 5.48. The monoisotopic (exact) mass is 240 g/mol. The van der Waals surface area contributed by atoms with E-state index in [4.69, 9.17) is 4.74 Å². The van der Waals surface area contributed by atoms with Gasteiger partial charge in [0.15, 0.2) is 6.29 Å². The van der Waals surface area contributed by atoms with Crippen molar-refractivity contribution in [3.63, 3.8) is 0 Å². The highest BCUT2D eigenvalue weighted by atomic mass is 16.5.